The van der Waals surface area contributed by atoms with E-state index in [4.69, 9.17) is 4.74 Å². The molecule has 3 rings (SSSR count). The van der Waals surface area contributed by atoms with Crippen LogP contribution in [0.15, 0.2) is 56.8 Å². The van der Waals surface area contributed by atoms with Crippen molar-refractivity contribution in [2.45, 2.75) is 16.0 Å². The minimum Gasteiger partial charge on any atom is -0.504 e. The second-order valence-corrected chi connectivity index (χ2v) is 7.18. The number of nitrogens with zero attached hydrogens (tertiary/aromatic N) is 2. The Labute approximate surface area is 150 Å². The van der Waals surface area contributed by atoms with Gasteiger partial charge in [0.05, 0.1) is 16.9 Å². The summed E-state index contributed by atoms with van der Waals surface area (Å²) in [5.74, 6) is -2.98. The molecule has 1 N–H and O–H groups in total. The second kappa shape index (κ2) is 6.58. The van der Waals surface area contributed by atoms with E-state index in [0.717, 1.165) is 12.1 Å². The maximum Gasteiger partial charge on any atom is 0.471 e. The number of benzene rings is 2. The molecule has 2 aromatic carbocycles. The third-order valence-electron chi connectivity index (χ3n) is 3.53. The maximum absolute atomic E-state index is 13.0. The zero-order valence-corrected chi connectivity index (χ0v) is 14.4. The largest absolute Gasteiger partial charge is 0.504 e. The molecule has 0 aliphatic heterocycles. The summed E-state index contributed by atoms with van der Waals surface area (Å²) in [6, 6.07) is 9.09. The summed E-state index contributed by atoms with van der Waals surface area (Å²) in [4.78, 5) is 2.64. The molecule has 0 amide bonds. The topological polar surface area (TPSA) is 103 Å². The standard InChI is InChI=1S/C16H11F3N2O5S/c1-25-12-8-13(27(23,24)9-5-3-2-4-6-9)10(7-11(12)22)14-20-15(26-21-14)16(17,18)19/h2-8,22H,1H3. The van der Waals surface area contributed by atoms with E-state index < -0.39 is 38.4 Å². The van der Waals surface area contributed by atoms with Crippen LogP contribution < -0.4 is 4.74 Å². The van der Waals surface area contributed by atoms with Crippen LogP contribution >= 0.6 is 0 Å². The lowest BCUT2D eigenvalue weighted by molar-refractivity contribution is -0.159. The van der Waals surface area contributed by atoms with E-state index in [1.807, 2.05) is 0 Å². The number of aromatic hydroxyl groups is 1. The van der Waals surface area contributed by atoms with Crippen LogP contribution in [-0.2, 0) is 16.0 Å². The van der Waals surface area contributed by atoms with Gasteiger partial charge in [0.2, 0.25) is 15.7 Å². The molecule has 0 unspecified atom stereocenters. The molecule has 0 bridgehead atoms. The highest BCUT2D eigenvalue weighted by molar-refractivity contribution is 7.91. The lowest BCUT2D eigenvalue weighted by atomic mass is 10.2. The minimum atomic E-state index is -4.90. The number of hydrogen-bond acceptors (Lipinski definition) is 7. The first-order chi connectivity index (χ1) is 12.6. The molecule has 1 heterocycles. The quantitative estimate of drug-likeness (QED) is 0.717. The first-order valence-electron chi connectivity index (χ1n) is 7.27. The van der Waals surface area contributed by atoms with Crippen molar-refractivity contribution in [2.24, 2.45) is 0 Å². The van der Waals surface area contributed by atoms with Crippen LogP contribution in [0.5, 0.6) is 11.5 Å². The summed E-state index contributed by atoms with van der Waals surface area (Å²) in [6.07, 6.45) is -4.90. The molecule has 0 radical (unpaired) electrons. The van der Waals surface area contributed by atoms with Crippen molar-refractivity contribution >= 4 is 9.84 Å². The van der Waals surface area contributed by atoms with Gasteiger partial charge in [-0.15, -0.1) is 0 Å². The van der Waals surface area contributed by atoms with Gasteiger partial charge in [-0.05, 0) is 18.2 Å². The van der Waals surface area contributed by atoms with Gasteiger partial charge in [0.25, 0.3) is 0 Å². The monoisotopic (exact) mass is 400 g/mol. The van der Waals surface area contributed by atoms with Crippen LogP contribution in [0, 0.1) is 0 Å². The molecule has 7 nitrogen and oxygen atoms in total. The van der Waals surface area contributed by atoms with E-state index in [-0.39, 0.29) is 16.2 Å². The van der Waals surface area contributed by atoms with Crippen molar-refractivity contribution in [3.05, 3.63) is 48.4 Å². The number of hydrogen-bond donors (Lipinski definition) is 1. The smallest absolute Gasteiger partial charge is 0.471 e. The van der Waals surface area contributed by atoms with Crippen LogP contribution in [0.2, 0.25) is 0 Å². The number of halogens is 3. The van der Waals surface area contributed by atoms with Crippen molar-refractivity contribution < 1.29 is 36.0 Å². The molecule has 0 spiro atoms. The molecule has 11 heteroatoms. The molecule has 1 aromatic heterocycles. The summed E-state index contributed by atoms with van der Waals surface area (Å²) in [7, 11) is -2.99. The van der Waals surface area contributed by atoms with Crippen molar-refractivity contribution in [3.63, 3.8) is 0 Å². The fourth-order valence-electron chi connectivity index (χ4n) is 2.28. The van der Waals surface area contributed by atoms with Crippen LogP contribution in [-0.4, -0.2) is 30.8 Å². The summed E-state index contributed by atoms with van der Waals surface area (Å²) < 4.78 is 73.2. The molecule has 0 atom stereocenters. The number of rotatable bonds is 4. The predicted octanol–water partition coefficient (Wildman–Crippen LogP) is 3.30. The van der Waals surface area contributed by atoms with Gasteiger partial charge in [-0.1, -0.05) is 23.4 Å². The van der Waals surface area contributed by atoms with Crippen molar-refractivity contribution in [1.29, 1.82) is 0 Å². The van der Waals surface area contributed by atoms with Crippen LogP contribution in [0.4, 0.5) is 13.2 Å². The van der Waals surface area contributed by atoms with E-state index in [1.165, 1.54) is 31.4 Å². The predicted molar refractivity (Wildman–Crippen MR) is 84.8 cm³/mol. The van der Waals surface area contributed by atoms with E-state index in [9.17, 15) is 26.7 Å². The lowest BCUT2D eigenvalue weighted by Crippen LogP contribution is -2.06. The molecule has 142 valence electrons. The number of aromatic nitrogens is 2. The molecule has 0 saturated carbocycles. The first kappa shape index (κ1) is 18.7. The number of phenolic OH excluding ortho intramolecular Hbond substituents is 1. The summed E-state index contributed by atoms with van der Waals surface area (Å²) >= 11 is 0. The third kappa shape index (κ3) is 3.45. The number of sulfone groups is 1. The van der Waals surface area contributed by atoms with Crippen molar-refractivity contribution in [2.75, 3.05) is 7.11 Å². The van der Waals surface area contributed by atoms with Gasteiger partial charge in [-0.25, -0.2) is 8.42 Å². The Morgan fingerprint density at radius 3 is 2.37 bits per heavy atom. The Kier molecular flexibility index (Phi) is 4.56. The van der Waals surface area contributed by atoms with Gasteiger partial charge in [-0.2, -0.15) is 18.2 Å². The average molecular weight is 400 g/mol. The number of ether oxygens (including phenoxy) is 1. The van der Waals surface area contributed by atoms with Gasteiger partial charge in [0.1, 0.15) is 0 Å². The maximum atomic E-state index is 13.0. The molecule has 0 aliphatic carbocycles. The van der Waals surface area contributed by atoms with Gasteiger partial charge >= 0.3 is 12.1 Å². The lowest BCUT2D eigenvalue weighted by Gasteiger charge is -2.12. The van der Waals surface area contributed by atoms with Crippen LogP contribution in [0.1, 0.15) is 5.89 Å². The van der Waals surface area contributed by atoms with E-state index in [2.05, 4.69) is 14.7 Å². The van der Waals surface area contributed by atoms with Gasteiger partial charge in [0.15, 0.2) is 11.5 Å². The molecule has 0 saturated heterocycles. The molecule has 3 aromatic rings. The van der Waals surface area contributed by atoms with E-state index in [1.54, 1.807) is 6.07 Å². The Hall–Kier alpha value is -3.08. The number of alkyl halides is 3. The van der Waals surface area contributed by atoms with Crippen molar-refractivity contribution in [1.82, 2.24) is 10.1 Å². The Balaban J connectivity index is 2.26. The molecule has 0 fully saturated rings. The molecule has 27 heavy (non-hydrogen) atoms. The van der Waals surface area contributed by atoms with Gasteiger partial charge in [0, 0.05) is 11.6 Å². The van der Waals surface area contributed by atoms with Gasteiger partial charge in [-0.3, -0.25) is 0 Å². The van der Waals surface area contributed by atoms with Gasteiger partial charge < -0.3 is 14.4 Å². The fraction of sp³-hybridized carbons (Fsp3) is 0.125. The summed E-state index contributed by atoms with van der Waals surface area (Å²) in [5, 5.41) is 13.1. The Morgan fingerprint density at radius 1 is 1.15 bits per heavy atom. The zero-order valence-electron chi connectivity index (χ0n) is 13.6. The summed E-state index contributed by atoms with van der Waals surface area (Å²) in [5.41, 5.74) is -0.364. The fourth-order valence-corrected chi connectivity index (χ4v) is 3.76. The third-order valence-corrected chi connectivity index (χ3v) is 5.34. The Bertz CT molecular complexity index is 1080. The minimum absolute atomic E-state index is 0.112. The Morgan fingerprint density at radius 2 is 1.81 bits per heavy atom. The molecular formula is C16H11F3N2O5S. The first-order valence-corrected chi connectivity index (χ1v) is 8.75. The number of phenols is 1. The van der Waals surface area contributed by atoms with E-state index in [0.29, 0.717) is 0 Å². The summed E-state index contributed by atoms with van der Waals surface area (Å²) in [6.45, 7) is 0. The van der Waals surface area contributed by atoms with Crippen molar-refractivity contribution in [3.8, 4) is 22.9 Å². The molecule has 0 aliphatic rings. The van der Waals surface area contributed by atoms with Crippen LogP contribution in [0.25, 0.3) is 11.4 Å². The molecular weight excluding hydrogens is 389 g/mol. The SMILES string of the molecule is COc1cc(S(=O)(=O)c2ccccc2)c(-c2noc(C(F)(F)F)n2)cc1O. The van der Waals surface area contributed by atoms with Crippen LogP contribution in [0.3, 0.4) is 0 Å². The van der Waals surface area contributed by atoms with E-state index >= 15 is 0 Å². The second-order valence-electron chi connectivity index (χ2n) is 5.26. The highest BCUT2D eigenvalue weighted by Crippen LogP contribution is 2.39. The average Bonchev–Trinajstić information content (AvgIpc) is 3.12. The highest BCUT2D eigenvalue weighted by Gasteiger charge is 2.39. The zero-order chi connectivity index (χ0) is 19.8. The number of methoxy groups -OCH3 is 1. The normalized spacial score (nSPS) is 12.1. The highest BCUT2D eigenvalue weighted by atomic mass is 32.2.